The first-order valence-corrected chi connectivity index (χ1v) is 8.02. The third-order valence-electron chi connectivity index (χ3n) is 3.98. The van der Waals surface area contributed by atoms with Gasteiger partial charge < -0.3 is 10.6 Å². The van der Waals surface area contributed by atoms with Crippen LogP contribution in [0.3, 0.4) is 0 Å². The number of benzene rings is 1. The molecule has 1 fully saturated rings. The first kappa shape index (κ1) is 14.4. The van der Waals surface area contributed by atoms with E-state index in [-0.39, 0.29) is 5.91 Å². The fourth-order valence-corrected chi connectivity index (χ4v) is 3.40. The highest BCUT2D eigenvalue weighted by atomic mass is 32.1. The molecule has 0 spiro atoms. The molecule has 0 aliphatic carbocycles. The average Bonchev–Trinajstić information content (AvgIpc) is 2.90. The standard InChI is InChI=1S/C15H20N4OS/c1-15(2,19-9-7-16-8-10-19)13(20)18-14-17-11-5-3-4-6-12(11)21-14/h3-6,16H,7-10H2,1-2H3,(H,17,18,20). The zero-order chi connectivity index (χ0) is 14.9. The molecule has 1 amide bonds. The highest BCUT2D eigenvalue weighted by Gasteiger charge is 2.35. The van der Waals surface area contributed by atoms with Crippen LogP contribution in [0.4, 0.5) is 5.13 Å². The van der Waals surface area contributed by atoms with Crippen LogP contribution < -0.4 is 10.6 Å². The number of aromatic nitrogens is 1. The summed E-state index contributed by atoms with van der Waals surface area (Å²) < 4.78 is 1.09. The SMILES string of the molecule is CC(C)(C(=O)Nc1nc2ccccc2s1)N1CCNCC1. The van der Waals surface area contributed by atoms with E-state index in [0.717, 1.165) is 36.4 Å². The number of rotatable bonds is 3. The Balaban J connectivity index is 1.75. The molecule has 0 radical (unpaired) electrons. The van der Waals surface area contributed by atoms with Crippen molar-refractivity contribution >= 4 is 32.6 Å². The molecule has 1 aromatic carbocycles. The summed E-state index contributed by atoms with van der Waals surface area (Å²) >= 11 is 1.51. The number of carbonyl (C=O) groups is 1. The summed E-state index contributed by atoms with van der Waals surface area (Å²) in [6.07, 6.45) is 0. The van der Waals surface area contributed by atoms with Crippen molar-refractivity contribution in [2.24, 2.45) is 0 Å². The molecule has 2 heterocycles. The highest BCUT2D eigenvalue weighted by Crippen LogP contribution is 2.27. The minimum Gasteiger partial charge on any atom is -0.314 e. The molecule has 0 unspecified atom stereocenters. The molecule has 2 N–H and O–H groups in total. The van der Waals surface area contributed by atoms with Crippen molar-refractivity contribution in [1.29, 1.82) is 0 Å². The molecule has 21 heavy (non-hydrogen) atoms. The van der Waals surface area contributed by atoms with Crippen LogP contribution in [-0.4, -0.2) is 47.5 Å². The van der Waals surface area contributed by atoms with Crippen LogP contribution in [0, 0.1) is 0 Å². The number of piperazine rings is 1. The Morgan fingerprint density at radius 2 is 2.05 bits per heavy atom. The van der Waals surface area contributed by atoms with Gasteiger partial charge in [-0.15, -0.1) is 0 Å². The Bertz CT molecular complexity index is 613. The Morgan fingerprint density at radius 1 is 1.33 bits per heavy atom. The van der Waals surface area contributed by atoms with Gasteiger partial charge in [0, 0.05) is 26.2 Å². The molecule has 1 aliphatic rings. The van der Waals surface area contributed by atoms with Crippen LogP contribution >= 0.6 is 11.3 Å². The third kappa shape index (κ3) is 2.92. The Morgan fingerprint density at radius 3 is 2.76 bits per heavy atom. The summed E-state index contributed by atoms with van der Waals surface area (Å²) in [5.41, 5.74) is 0.401. The molecule has 6 heteroatoms. The van der Waals surface area contributed by atoms with Gasteiger partial charge in [-0.2, -0.15) is 0 Å². The second kappa shape index (κ2) is 5.71. The number of hydrogen-bond donors (Lipinski definition) is 2. The van der Waals surface area contributed by atoms with E-state index < -0.39 is 5.54 Å². The monoisotopic (exact) mass is 304 g/mol. The Labute approximate surface area is 128 Å². The van der Waals surface area contributed by atoms with Crippen LogP contribution in [-0.2, 0) is 4.79 Å². The van der Waals surface area contributed by atoms with E-state index in [4.69, 9.17) is 0 Å². The van der Waals surface area contributed by atoms with Crippen molar-refractivity contribution in [3.8, 4) is 0 Å². The molecule has 0 atom stereocenters. The summed E-state index contributed by atoms with van der Waals surface area (Å²) in [6.45, 7) is 7.58. The fourth-order valence-electron chi connectivity index (χ4n) is 2.54. The fraction of sp³-hybridized carbons (Fsp3) is 0.467. The number of hydrogen-bond acceptors (Lipinski definition) is 5. The molecule has 0 bridgehead atoms. The van der Waals surface area contributed by atoms with Gasteiger partial charge in [0.25, 0.3) is 0 Å². The largest absolute Gasteiger partial charge is 0.314 e. The number of para-hydroxylation sites is 1. The van der Waals surface area contributed by atoms with E-state index in [2.05, 4.69) is 20.5 Å². The number of nitrogens with zero attached hydrogens (tertiary/aromatic N) is 2. The zero-order valence-electron chi connectivity index (χ0n) is 12.3. The van der Waals surface area contributed by atoms with Crippen LogP contribution in [0.5, 0.6) is 0 Å². The molecular weight excluding hydrogens is 284 g/mol. The zero-order valence-corrected chi connectivity index (χ0v) is 13.2. The predicted octanol–water partition coefficient (Wildman–Crippen LogP) is 1.92. The molecule has 1 saturated heterocycles. The lowest BCUT2D eigenvalue weighted by Crippen LogP contribution is -2.58. The van der Waals surface area contributed by atoms with E-state index in [9.17, 15) is 4.79 Å². The minimum atomic E-state index is -0.528. The number of carbonyl (C=O) groups excluding carboxylic acids is 1. The summed E-state index contributed by atoms with van der Waals surface area (Å²) in [6, 6.07) is 7.92. The number of nitrogens with one attached hydrogen (secondary N) is 2. The van der Waals surface area contributed by atoms with Crippen molar-refractivity contribution in [2.45, 2.75) is 19.4 Å². The lowest BCUT2D eigenvalue weighted by Gasteiger charge is -2.39. The van der Waals surface area contributed by atoms with Crippen molar-refractivity contribution in [2.75, 3.05) is 31.5 Å². The lowest BCUT2D eigenvalue weighted by molar-refractivity contribution is -0.126. The number of amides is 1. The van der Waals surface area contributed by atoms with Crippen LogP contribution in [0.25, 0.3) is 10.2 Å². The molecule has 1 aliphatic heterocycles. The van der Waals surface area contributed by atoms with Gasteiger partial charge in [-0.3, -0.25) is 9.69 Å². The maximum atomic E-state index is 12.6. The predicted molar refractivity (Wildman–Crippen MR) is 86.8 cm³/mol. The van der Waals surface area contributed by atoms with Crippen molar-refractivity contribution in [1.82, 2.24) is 15.2 Å². The third-order valence-corrected chi connectivity index (χ3v) is 4.93. The lowest BCUT2D eigenvalue weighted by atomic mass is 10.0. The molecule has 0 saturated carbocycles. The number of anilines is 1. The van der Waals surface area contributed by atoms with Crippen LogP contribution in [0.2, 0.25) is 0 Å². The first-order chi connectivity index (χ1) is 10.1. The summed E-state index contributed by atoms with van der Waals surface area (Å²) in [5, 5.41) is 6.96. The summed E-state index contributed by atoms with van der Waals surface area (Å²) in [7, 11) is 0. The summed E-state index contributed by atoms with van der Waals surface area (Å²) in [4.78, 5) is 19.3. The van der Waals surface area contributed by atoms with Gasteiger partial charge in [0.15, 0.2) is 5.13 Å². The van der Waals surface area contributed by atoms with Gasteiger partial charge in [0.05, 0.1) is 15.8 Å². The van der Waals surface area contributed by atoms with E-state index in [1.807, 2.05) is 38.1 Å². The molecular formula is C15H20N4OS. The number of fused-ring (bicyclic) bond motifs is 1. The molecule has 3 rings (SSSR count). The van der Waals surface area contributed by atoms with Gasteiger partial charge in [-0.05, 0) is 26.0 Å². The topological polar surface area (TPSA) is 57.3 Å². The second-order valence-corrected chi connectivity index (χ2v) is 6.77. The van der Waals surface area contributed by atoms with Crippen molar-refractivity contribution in [3.05, 3.63) is 24.3 Å². The maximum Gasteiger partial charge on any atom is 0.246 e. The van der Waals surface area contributed by atoms with Crippen LogP contribution in [0.1, 0.15) is 13.8 Å². The van der Waals surface area contributed by atoms with E-state index in [1.54, 1.807) is 0 Å². The van der Waals surface area contributed by atoms with Crippen molar-refractivity contribution in [3.63, 3.8) is 0 Å². The van der Waals surface area contributed by atoms with Crippen molar-refractivity contribution < 1.29 is 4.79 Å². The van der Waals surface area contributed by atoms with E-state index >= 15 is 0 Å². The van der Waals surface area contributed by atoms with Gasteiger partial charge in [0.1, 0.15) is 0 Å². The maximum absolute atomic E-state index is 12.6. The van der Waals surface area contributed by atoms with Gasteiger partial charge in [-0.1, -0.05) is 23.5 Å². The van der Waals surface area contributed by atoms with E-state index in [0.29, 0.717) is 5.13 Å². The Hall–Kier alpha value is -1.50. The minimum absolute atomic E-state index is 0.00320. The average molecular weight is 304 g/mol. The quantitative estimate of drug-likeness (QED) is 0.909. The number of thiazole rings is 1. The van der Waals surface area contributed by atoms with Gasteiger partial charge in [0.2, 0.25) is 5.91 Å². The molecule has 2 aromatic rings. The molecule has 1 aromatic heterocycles. The highest BCUT2D eigenvalue weighted by molar-refractivity contribution is 7.22. The second-order valence-electron chi connectivity index (χ2n) is 5.74. The first-order valence-electron chi connectivity index (χ1n) is 7.20. The van der Waals surface area contributed by atoms with Crippen LogP contribution in [0.15, 0.2) is 24.3 Å². The van der Waals surface area contributed by atoms with Gasteiger partial charge in [-0.25, -0.2) is 4.98 Å². The normalized spacial score (nSPS) is 17.0. The summed E-state index contributed by atoms with van der Waals surface area (Å²) in [5.74, 6) is 0.00320. The smallest absolute Gasteiger partial charge is 0.246 e. The molecule has 112 valence electrons. The molecule has 5 nitrogen and oxygen atoms in total. The Kier molecular flexibility index (Phi) is 3.93. The van der Waals surface area contributed by atoms with Gasteiger partial charge >= 0.3 is 0 Å². The van der Waals surface area contributed by atoms with E-state index in [1.165, 1.54) is 11.3 Å².